The van der Waals surface area contributed by atoms with Gasteiger partial charge in [0.15, 0.2) is 0 Å². The van der Waals surface area contributed by atoms with E-state index in [-0.39, 0.29) is 23.8 Å². The summed E-state index contributed by atoms with van der Waals surface area (Å²) < 4.78 is 6.48. The van der Waals surface area contributed by atoms with E-state index in [1.165, 1.54) is 12.0 Å². The van der Waals surface area contributed by atoms with Gasteiger partial charge in [-0.3, -0.25) is 14.4 Å². The van der Waals surface area contributed by atoms with Crippen LogP contribution in [0.2, 0.25) is 10.0 Å². The number of carbonyl (C=O) groups is 3. The van der Waals surface area contributed by atoms with Crippen molar-refractivity contribution in [3.8, 4) is 0 Å². The maximum absolute atomic E-state index is 14.2. The third kappa shape index (κ3) is 5.95. The Kier molecular flexibility index (Phi) is 8.83. The third-order valence-corrected chi connectivity index (χ3v) is 10.0. The zero-order chi connectivity index (χ0) is 30.1. The molecule has 1 saturated carbocycles. The van der Waals surface area contributed by atoms with E-state index in [1.54, 1.807) is 23.1 Å². The van der Waals surface area contributed by atoms with Crippen LogP contribution in [0.1, 0.15) is 44.1 Å². The number of hydrogen-bond acceptors (Lipinski definition) is 5. The monoisotopic (exact) mass is 624 g/mol. The number of amides is 3. The number of nitrogens with zero attached hydrogens (tertiary/aromatic N) is 2. The summed E-state index contributed by atoms with van der Waals surface area (Å²) in [6.45, 7) is 1.92. The van der Waals surface area contributed by atoms with E-state index < -0.39 is 29.6 Å². The molecule has 228 valence electrons. The molecule has 5 atom stereocenters. The highest BCUT2D eigenvalue weighted by molar-refractivity contribution is 6.42. The molecule has 1 spiro atoms. The van der Waals surface area contributed by atoms with Crippen LogP contribution in [0.4, 0.5) is 5.69 Å². The number of rotatable bonds is 10. The first-order valence-corrected chi connectivity index (χ1v) is 16.0. The summed E-state index contributed by atoms with van der Waals surface area (Å²) in [4.78, 5) is 45.8. The number of ether oxygens (including phenoxy) is 1. The van der Waals surface area contributed by atoms with E-state index in [0.29, 0.717) is 28.7 Å². The van der Waals surface area contributed by atoms with Gasteiger partial charge >= 0.3 is 0 Å². The second-order valence-electron chi connectivity index (χ2n) is 12.3. The van der Waals surface area contributed by atoms with Gasteiger partial charge in [-0.05, 0) is 56.6 Å². The van der Waals surface area contributed by atoms with Gasteiger partial charge < -0.3 is 25.2 Å². The summed E-state index contributed by atoms with van der Waals surface area (Å²) in [6, 6.07) is 14.3. The molecular weight excluding hydrogens is 587 g/mol. The molecule has 2 saturated heterocycles. The maximum atomic E-state index is 14.2. The molecular formula is C33H38Cl2N4O4. The molecule has 0 unspecified atom stereocenters. The Morgan fingerprint density at radius 3 is 2.56 bits per heavy atom. The Hall–Kier alpha value is -2.91. The van der Waals surface area contributed by atoms with Gasteiger partial charge in [0.2, 0.25) is 17.7 Å². The largest absolute Gasteiger partial charge is 0.359 e. The lowest BCUT2D eigenvalue weighted by molar-refractivity contribution is -0.141. The summed E-state index contributed by atoms with van der Waals surface area (Å²) in [5.41, 5.74) is 0.512. The predicted molar refractivity (Wildman–Crippen MR) is 167 cm³/mol. The molecule has 10 heteroatoms. The van der Waals surface area contributed by atoms with Gasteiger partial charge in [0.25, 0.3) is 0 Å². The number of halogens is 2. The van der Waals surface area contributed by atoms with Crippen LogP contribution in [0.3, 0.4) is 0 Å². The molecule has 3 heterocycles. The van der Waals surface area contributed by atoms with Crippen molar-refractivity contribution in [2.75, 3.05) is 25.5 Å². The first-order chi connectivity index (χ1) is 20.8. The lowest BCUT2D eigenvalue weighted by Gasteiger charge is -2.34. The van der Waals surface area contributed by atoms with E-state index in [0.717, 1.165) is 38.8 Å². The minimum absolute atomic E-state index is 0.0852. The molecule has 0 radical (unpaired) electrons. The standard InChI is InChI=1S/C33H38Cl2N4O4/c1-38(20-21-9-4-2-5-10-21)17-8-18-39-29(31(41)36-22-11-6-3-7-12-22)33-16-15-26(43-33)27(28(33)32(39)42)30(40)37-23-13-14-24(34)25(35)19-23/h2,4-5,9-10,13-16,19,22,26-29H,3,6-8,11-12,17-18,20H2,1H3,(H,36,41)(H,37,40)/t26-,27-,28-,29-,33+/m1/s1. The second kappa shape index (κ2) is 12.6. The van der Waals surface area contributed by atoms with Crippen LogP contribution in [0, 0.1) is 11.8 Å². The highest BCUT2D eigenvalue weighted by atomic mass is 35.5. The molecule has 3 amide bonds. The van der Waals surface area contributed by atoms with Crippen molar-refractivity contribution in [3.05, 3.63) is 76.3 Å². The molecule has 8 nitrogen and oxygen atoms in total. The van der Waals surface area contributed by atoms with Gasteiger partial charge in [-0.15, -0.1) is 0 Å². The van der Waals surface area contributed by atoms with Crippen molar-refractivity contribution in [2.45, 2.75) is 68.9 Å². The zero-order valence-corrected chi connectivity index (χ0v) is 25.8. The molecule has 3 aliphatic heterocycles. The average Bonchev–Trinajstić information content (AvgIpc) is 3.63. The molecule has 2 bridgehead atoms. The third-order valence-electron chi connectivity index (χ3n) is 9.30. The lowest BCUT2D eigenvalue weighted by Crippen LogP contribution is -2.56. The van der Waals surface area contributed by atoms with Gasteiger partial charge in [0, 0.05) is 24.8 Å². The first-order valence-electron chi connectivity index (χ1n) is 15.2. The van der Waals surface area contributed by atoms with Gasteiger partial charge in [-0.25, -0.2) is 0 Å². The average molecular weight is 626 g/mol. The fraction of sp³-hybridized carbons (Fsp3) is 0.485. The topological polar surface area (TPSA) is 91.0 Å². The quantitative estimate of drug-likeness (QED) is 0.361. The van der Waals surface area contributed by atoms with Crippen LogP contribution in [-0.4, -0.2) is 71.4 Å². The first kappa shape index (κ1) is 30.1. The Bertz CT molecular complexity index is 1400. The van der Waals surface area contributed by atoms with Gasteiger partial charge in [0.1, 0.15) is 11.6 Å². The van der Waals surface area contributed by atoms with Crippen molar-refractivity contribution in [1.82, 2.24) is 15.1 Å². The van der Waals surface area contributed by atoms with Crippen molar-refractivity contribution in [1.29, 1.82) is 0 Å². The molecule has 6 rings (SSSR count). The lowest BCUT2D eigenvalue weighted by atomic mass is 9.74. The molecule has 43 heavy (non-hydrogen) atoms. The maximum Gasteiger partial charge on any atom is 0.246 e. The van der Waals surface area contributed by atoms with Gasteiger partial charge in [0.05, 0.1) is 28.0 Å². The normalized spacial score (nSPS) is 28.0. The number of benzene rings is 2. The summed E-state index contributed by atoms with van der Waals surface area (Å²) >= 11 is 12.2. The number of likely N-dealkylation sites (tertiary alicyclic amines) is 1. The van der Waals surface area contributed by atoms with E-state index in [9.17, 15) is 14.4 Å². The fourth-order valence-corrected chi connectivity index (χ4v) is 7.62. The Balaban J connectivity index is 1.21. The Morgan fingerprint density at radius 1 is 1.05 bits per heavy atom. The summed E-state index contributed by atoms with van der Waals surface area (Å²) in [6.07, 6.45) is 8.97. The molecule has 2 aromatic carbocycles. The number of fused-ring (bicyclic) bond motifs is 1. The smallest absolute Gasteiger partial charge is 0.246 e. The highest BCUT2D eigenvalue weighted by Crippen LogP contribution is 2.55. The summed E-state index contributed by atoms with van der Waals surface area (Å²) in [7, 11) is 2.05. The highest BCUT2D eigenvalue weighted by Gasteiger charge is 2.72. The number of hydrogen-bond donors (Lipinski definition) is 2. The minimum atomic E-state index is -1.18. The van der Waals surface area contributed by atoms with Crippen molar-refractivity contribution < 1.29 is 19.1 Å². The van der Waals surface area contributed by atoms with Crippen LogP contribution in [0.15, 0.2) is 60.7 Å². The zero-order valence-electron chi connectivity index (χ0n) is 24.3. The molecule has 2 N–H and O–H groups in total. The number of nitrogens with one attached hydrogen (secondary N) is 2. The second-order valence-corrected chi connectivity index (χ2v) is 13.1. The molecule has 3 fully saturated rings. The van der Waals surface area contributed by atoms with Crippen LogP contribution < -0.4 is 10.6 Å². The van der Waals surface area contributed by atoms with E-state index >= 15 is 0 Å². The Labute approximate surface area is 262 Å². The van der Waals surface area contributed by atoms with Crippen molar-refractivity contribution in [2.24, 2.45) is 11.8 Å². The van der Waals surface area contributed by atoms with Crippen LogP contribution in [0.5, 0.6) is 0 Å². The van der Waals surface area contributed by atoms with Gasteiger partial charge in [-0.1, -0.05) is 84.9 Å². The molecule has 1 aliphatic carbocycles. The predicted octanol–water partition coefficient (Wildman–Crippen LogP) is 5.05. The SMILES string of the molecule is CN(CCCN1C(=O)[C@H]2[C@H](C(=O)Nc3ccc(Cl)c(Cl)c3)[C@H]3C=C[C@@]2(O3)[C@H]1C(=O)NC1CCCCC1)Cc1ccccc1. The van der Waals surface area contributed by atoms with Crippen LogP contribution in [-0.2, 0) is 25.7 Å². The van der Waals surface area contributed by atoms with Crippen molar-refractivity contribution >= 4 is 46.6 Å². The number of anilines is 1. The summed E-state index contributed by atoms with van der Waals surface area (Å²) in [5, 5.41) is 6.84. The van der Waals surface area contributed by atoms with E-state index in [1.807, 2.05) is 30.4 Å². The molecule has 0 aromatic heterocycles. The van der Waals surface area contributed by atoms with Crippen LogP contribution in [0.25, 0.3) is 0 Å². The van der Waals surface area contributed by atoms with Crippen LogP contribution >= 0.6 is 23.2 Å². The number of carbonyl (C=O) groups excluding carboxylic acids is 3. The van der Waals surface area contributed by atoms with Gasteiger partial charge in [-0.2, -0.15) is 0 Å². The van der Waals surface area contributed by atoms with E-state index in [2.05, 4.69) is 34.7 Å². The molecule has 2 aromatic rings. The molecule has 4 aliphatic rings. The van der Waals surface area contributed by atoms with E-state index in [4.69, 9.17) is 27.9 Å². The Morgan fingerprint density at radius 2 is 1.81 bits per heavy atom. The fourth-order valence-electron chi connectivity index (χ4n) is 7.32. The summed E-state index contributed by atoms with van der Waals surface area (Å²) in [5.74, 6) is -2.33. The minimum Gasteiger partial charge on any atom is -0.359 e. The van der Waals surface area contributed by atoms with Crippen molar-refractivity contribution in [3.63, 3.8) is 0 Å².